The SMILES string of the molecule is Cc1ccc2c(NC3CCNCC3)nccc2c1N. The van der Waals surface area contributed by atoms with Crippen LogP contribution >= 0.6 is 0 Å². The Morgan fingerprint density at radius 2 is 2.00 bits per heavy atom. The Hall–Kier alpha value is -1.81. The van der Waals surface area contributed by atoms with Crippen molar-refractivity contribution >= 4 is 22.3 Å². The van der Waals surface area contributed by atoms with Crippen molar-refractivity contribution in [2.45, 2.75) is 25.8 Å². The molecule has 0 aliphatic carbocycles. The van der Waals surface area contributed by atoms with E-state index in [1.165, 1.54) is 0 Å². The maximum Gasteiger partial charge on any atom is 0.134 e. The average Bonchev–Trinajstić information content (AvgIpc) is 2.45. The fourth-order valence-corrected chi connectivity index (χ4v) is 2.66. The number of benzene rings is 1. The van der Waals surface area contributed by atoms with Crippen LogP contribution in [0.3, 0.4) is 0 Å². The Morgan fingerprint density at radius 1 is 1.21 bits per heavy atom. The second-order valence-electron chi connectivity index (χ2n) is 5.22. The summed E-state index contributed by atoms with van der Waals surface area (Å²) in [5.41, 5.74) is 8.13. The molecule has 0 bridgehead atoms. The molecule has 0 amide bonds. The zero-order valence-corrected chi connectivity index (χ0v) is 11.2. The number of aromatic nitrogens is 1. The number of pyridine rings is 1. The van der Waals surface area contributed by atoms with Crippen LogP contribution in [0.2, 0.25) is 0 Å². The molecule has 1 aliphatic heterocycles. The summed E-state index contributed by atoms with van der Waals surface area (Å²) < 4.78 is 0. The van der Waals surface area contributed by atoms with E-state index < -0.39 is 0 Å². The average molecular weight is 256 g/mol. The van der Waals surface area contributed by atoms with Crippen LogP contribution in [0.15, 0.2) is 24.4 Å². The normalized spacial score (nSPS) is 16.7. The number of hydrogen-bond acceptors (Lipinski definition) is 4. The van der Waals surface area contributed by atoms with Gasteiger partial charge in [-0.05, 0) is 44.5 Å². The lowest BCUT2D eigenvalue weighted by atomic mass is 10.0. The van der Waals surface area contributed by atoms with Crippen LogP contribution in [0.25, 0.3) is 10.8 Å². The van der Waals surface area contributed by atoms with Crippen LogP contribution in [-0.4, -0.2) is 24.1 Å². The number of nitrogens with one attached hydrogen (secondary N) is 2. The summed E-state index contributed by atoms with van der Waals surface area (Å²) in [6.45, 7) is 4.18. The molecular formula is C15H20N4. The first-order valence-corrected chi connectivity index (χ1v) is 6.87. The van der Waals surface area contributed by atoms with Crippen LogP contribution in [0, 0.1) is 6.92 Å². The molecule has 0 radical (unpaired) electrons. The van der Waals surface area contributed by atoms with Gasteiger partial charge in [-0.1, -0.05) is 12.1 Å². The van der Waals surface area contributed by atoms with E-state index in [9.17, 15) is 0 Å². The van der Waals surface area contributed by atoms with E-state index in [1.54, 1.807) is 0 Å². The molecule has 4 N–H and O–H groups in total. The van der Waals surface area contributed by atoms with Gasteiger partial charge in [0, 0.05) is 28.7 Å². The Balaban J connectivity index is 1.97. The fraction of sp³-hybridized carbons (Fsp3) is 0.400. The maximum atomic E-state index is 6.15. The molecule has 0 saturated carbocycles. The summed E-state index contributed by atoms with van der Waals surface area (Å²) in [5, 5.41) is 9.14. The number of hydrogen-bond donors (Lipinski definition) is 3. The molecule has 1 fully saturated rings. The van der Waals surface area contributed by atoms with Gasteiger partial charge in [-0.15, -0.1) is 0 Å². The van der Waals surface area contributed by atoms with E-state index in [2.05, 4.69) is 27.8 Å². The number of anilines is 2. The molecule has 3 rings (SSSR count). The second-order valence-corrected chi connectivity index (χ2v) is 5.22. The summed E-state index contributed by atoms with van der Waals surface area (Å²) in [6, 6.07) is 6.66. The van der Waals surface area contributed by atoms with Crippen molar-refractivity contribution in [2.24, 2.45) is 0 Å². The van der Waals surface area contributed by atoms with Gasteiger partial charge in [-0.3, -0.25) is 0 Å². The largest absolute Gasteiger partial charge is 0.398 e. The van der Waals surface area contributed by atoms with Gasteiger partial charge in [-0.25, -0.2) is 4.98 Å². The first-order valence-electron chi connectivity index (χ1n) is 6.87. The smallest absolute Gasteiger partial charge is 0.134 e. The van der Waals surface area contributed by atoms with E-state index in [0.29, 0.717) is 6.04 Å². The van der Waals surface area contributed by atoms with Gasteiger partial charge in [0.25, 0.3) is 0 Å². The van der Waals surface area contributed by atoms with Crippen LogP contribution in [-0.2, 0) is 0 Å². The topological polar surface area (TPSA) is 63.0 Å². The van der Waals surface area contributed by atoms with Crippen molar-refractivity contribution in [1.29, 1.82) is 0 Å². The number of aryl methyl sites for hydroxylation is 1. The van der Waals surface area contributed by atoms with Crippen molar-refractivity contribution in [1.82, 2.24) is 10.3 Å². The highest BCUT2D eigenvalue weighted by Gasteiger charge is 2.14. The first kappa shape index (κ1) is 12.2. The summed E-state index contributed by atoms with van der Waals surface area (Å²) in [6.07, 6.45) is 4.11. The van der Waals surface area contributed by atoms with Crippen molar-refractivity contribution in [3.8, 4) is 0 Å². The van der Waals surface area contributed by atoms with Gasteiger partial charge < -0.3 is 16.4 Å². The molecule has 0 atom stereocenters. The Labute approximate surface area is 113 Å². The highest BCUT2D eigenvalue weighted by molar-refractivity contribution is 6.00. The molecule has 0 spiro atoms. The van der Waals surface area contributed by atoms with Crippen molar-refractivity contribution in [2.75, 3.05) is 24.1 Å². The third-order valence-electron chi connectivity index (χ3n) is 3.89. The zero-order valence-electron chi connectivity index (χ0n) is 11.2. The lowest BCUT2D eigenvalue weighted by Crippen LogP contribution is -2.35. The molecule has 2 heterocycles. The highest BCUT2D eigenvalue weighted by Crippen LogP contribution is 2.29. The van der Waals surface area contributed by atoms with E-state index in [4.69, 9.17) is 5.73 Å². The van der Waals surface area contributed by atoms with Gasteiger partial charge in [0.05, 0.1) is 0 Å². The monoisotopic (exact) mass is 256 g/mol. The number of nitrogen functional groups attached to an aromatic ring is 1. The van der Waals surface area contributed by atoms with E-state index in [0.717, 1.165) is 53.8 Å². The molecule has 1 aliphatic rings. The standard InChI is InChI=1S/C15H20N4/c1-10-2-3-13-12(14(10)16)6-9-18-15(13)19-11-4-7-17-8-5-11/h2-3,6,9,11,17H,4-5,7-8,16H2,1H3,(H,18,19). The lowest BCUT2D eigenvalue weighted by molar-refractivity contribution is 0.478. The number of rotatable bonds is 2. The van der Waals surface area contributed by atoms with Gasteiger partial charge >= 0.3 is 0 Å². The van der Waals surface area contributed by atoms with Gasteiger partial charge in [0.2, 0.25) is 0 Å². The van der Waals surface area contributed by atoms with Crippen LogP contribution in [0.4, 0.5) is 11.5 Å². The van der Waals surface area contributed by atoms with Gasteiger partial charge in [0.15, 0.2) is 0 Å². The molecule has 4 heteroatoms. The maximum absolute atomic E-state index is 6.15. The minimum Gasteiger partial charge on any atom is -0.398 e. The van der Waals surface area contributed by atoms with E-state index >= 15 is 0 Å². The molecular weight excluding hydrogens is 236 g/mol. The molecule has 1 saturated heterocycles. The Kier molecular flexibility index (Phi) is 3.25. The minimum absolute atomic E-state index is 0.502. The summed E-state index contributed by atoms with van der Waals surface area (Å²) >= 11 is 0. The van der Waals surface area contributed by atoms with Crippen LogP contribution in [0.1, 0.15) is 18.4 Å². The highest BCUT2D eigenvalue weighted by atomic mass is 15.0. The quantitative estimate of drug-likeness (QED) is 0.721. The molecule has 100 valence electrons. The van der Waals surface area contributed by atoms with E-state index in [-0.39, 0.29) is 0 Å². The minimum atomic E-state index is 0.502. The lowest BCUT2D eigenvalue weighted by Gasteiger charge is -2.24. The predicted octanol–water partition coefficient (Wildman–Crippen LogP) is 2.29. The molecule has 4 nitrogen and oxygen atoms in total. The zero-order chi connectivity index (χ0) is 13.2. The van der Waals surface area contributed by atoms with E-state index in [1.807, 2.05) is 19.2 Å². The number of nitrogens with two attached hydrogens (primary N) is 1. The summed E-state index contributed by atoms with van der Waals surface area (Å²) in [5.74, 6) is 0.955. The number of piperidine rings is 1. The predicted molar refractivity (Wildman–Crippen MR) is 80.4 cm³/mol. The third kappa shape index (κ3) is 2.36. The fourth-order valence-electron chi connectivity index (χ4n) is 2.66. The second kappa shape index (κ2) is 5.05. The Bertz CT molecular complexity index is 588. The van der Waals surface area contributed by atoms with Gasteiger partial charge in [-0.2, -0.15) is 0 Å². The van der Waals surface area contributed by atoms with Crippen LogP contribution < -0.4 is 16.4 Å². The summed E-state index contributed by atoms with van der Waals surface area (Å²) in [7, 11) is 0. The number of fused-ring (bicyclic) bond motifs is 1. The van der Waals surface area contributed by atoms with Gasteiger partial charge in [0.1, 0.15) is 5.82 Å². The third-order valence-corrected chi connectivity index (χ3v) is 3.89. The summed E-state index contributed by atoms with van der Waals surface area (Å²) in [4.78, 5) is 4.48. The molecule has 1 aromatic carbocycles. The first-order chi connectivity index (χ1) is 9.25. The van der Waals surface area contributed by atoms with Crippen molar-refractivity contribution in [3.05, 3.63) is 30.0 Å². The molecule has 2 aromatic rings. The molecule has 1 aromatic heterocycles. The van der Waals surface area contributed by atoms with Crippen molar-refractivity contribution < 1.29 is 0 Å². The molecule has 0 unspecified atom stereocenters. The van der Waals surface area contributed by atoms with Crippen LogP contribution in [0.5, 0.6) is 0 Å². The Morgan fingerprint density at radius 3 is 2.79 bits per heavy atom. The number of nitrogens with zero attached hydrogens (tertiary/aromatic N) is 1. The molecule has 19 heavy (non-hydrogen) atoms. The van der Waals surface area contributed by atoms with Crippen molar-refractivity contribution in [3.63, 3.8) is 0 Å².